The zero-order chi connectivity index (χ0) is 14.1. The smallest absolute Gasteiger partial charge is 0.105 e. The number of hydrogen-bond acceptors (Lipinski definition) is 3. The van der Waals surface area contributed by atoms with Crippen LogP contribution in [-0.4, -0.2) is 15.1 Å². The van der Waals surface area contributed by atoms with Crippen LogP contribution in [0.5, 0.6) is 0 Å². The standard InChI is InChI=1S/C17H16N2O/c1-11-8-14(9-12(2)19-11)17(20)15-5-3-4-13-6-7-18-10-16(13)15/h3-10,17,20H,1-2H3. The molecule has 1 unspecified atom stereocenters. The van der Waals surface area contributed by atoms with Crippen molar-refractivity contribution in [1.29, 1.82) is 0 Å². The van der Waals surface area contributed by atoms with E-state index < -0.39 is 6.10 Å². The average Bonchev–Trinajstić information content (AvgIpc) is 2.45. The van der Waals surface area contributed by atoms with E-state index in [9.17, 15) is 5.11 Å². The van der Waals surface area contributed by atoms with E-state index in [1.807, 2.05) is 50.2 Å². The fourth-order valence-corrected chi connectivity index (χ4v) is 2.58. The Morgan fingerprint density at radius 2 is 1.80 bits per heavy atom. The molecule has 2 heterocycles. The zero-order valence-electron chi connectivity index (χ0n) is 11.5. The molecule has 1 N–H and O–H groups in total. The number of aliphatic hydroxyl groups is 1. The van der Waals surface area contributed by atoms with Crippen LogP contribution in [0.15, 0.2) is 48.8 Å². The number of aryl methyl sites for hydroxylation is 2. The summed E-state index contributed by atoms with van der Waals surface area (Å²) in [6, 6.07) is 11.7. The van der Waals surface area contributed by atoms with Gasteiger partial charge in [-0.1, -0.05) is 18.2 Å². The van der Waals surface area contributed by atoms with Crippen LogP contribution < -0.4 is 0 Å². The molecule has 3 aromatic rings. The molecule has 1 atom stereocenters. The van der Waals surface area contributed by atoms with Crippen molar-refractivity contribution >= 4 is 10.8 Å². The Morgan fingerprint density at radius 1 is 1.05 bits per heavy atom. The van der Waals surface area contributed by atoms with Crippen molar-refractivity contribution in [3.8, 4) is 0 Å². The highest BCUT2D eigenvalue weighted by Crippen LogP contribution is 2.28. The van der Waals surface area contributed by atoms with Crippen LogP contribution in [0.25, 0.3) is 10.8 Å². The molecule has 0 bridgehead atoms. The Bertz CT molecular complexity index is 742. The number of fused-ring (bicyclic) bond motifs is 1. The molecule has 3 nitrogen and oxygen atoms in total. The summed E-state index contributed by atoms with van der Waals surface area (Å²) in [4.78, 5) is 8.51. The molecule has 0 radical (unpaired) electrons. The Kier molecular flexibility index (Phi) is 3.20. The van der Waals surface area contributed by atoms with Gasteiger partial charge in [-0.15, -0.1) is 0 Å². The lowest BCUT2D eigenvalue weighted by Crippen LogP contribution is -2.03. The van der Waals surface area contributed by atoms with E-state index in [-0.39, 0.29) is 0 Å². The Labute approximate surface area is 117 Å². The maximum atomic E-state index is 10.7. The molecule has 0 saturated heterocycles. The first kappa shape index (κ1) is 12.8. The summed E-state index contributed by atoms with van der Waals surface area (Å²) in [6.07, 6.45) is 2.90. The number of aliphatic hydroxyl groups excluding tert-OH is 1. The maximum Gasteiger partial charge on any atom is 0.105 e. The first-order valence-corrected chi connectivity index (χ1v) is 6.61. The van der Waals surface area contributed by atoms with Crippen LogP contribution in [0.2, 0.25) is 0 Å². The van der Waals surface area contributed by atoms with Crippen molar-refractivity contribution in [3.63, 3.8) is 0 Å². The third kappa shape index (κ3) is 2.28. The SMILES string of the molecule is Cc1cc(C(O)c2cccc3ccncc23)cc(C)n1. The summed E-state index contributed by atoms with van der Waals surface area (Å²) in [5.74, 6) is 0. The van der Waals surface area contributed by atoms with Gasteiger partial charge in [0.15, 0.2) is 0 Å². The lowest BCUT2D eigenvalue weighted by atomic mass is 9.97. The first-order valence-electron chi connectivity index (χ1n) is 6.61. The summed E-state index contributed by atoms with van der Waals surface area (Å²) in [5.41, 5.74) is 3.57. The van der Waals surface area contributed by atoms with Crippen molar-refractivity contribution in [3.05, 3.63) is 71.3 Å². The predicted octanol–water partition coefficient (Wildman–Crippen LogP) is 3.33. The number of nitrogens with zero attached hydrogens (tertiary/aromatic N) is 2. The van der Waals surface area contributed by atoms with E-state index in [1.165, 1.54) is 0 Å². The third-order valence-corrected chi connectivity index (χ3v) is 3.43. The lowest BCUT2D eigenvalue weighted by Gasteiger charge is -2.15. The van der Waals surface area contributed by atoms with Gasteiger partial charge in [0.2, 0.25) is 0 Å². The molecule has 0 saturated carbocycles. The van der Waals surface area contributed by atoms with Crippen LogP contribution >= 0.6 is 0 Å². The molecule has 0 aliphatic heterocycles. The Balaban J connectivity index is 2.15. The molecule has 3 rings (SSSR count). The summed E-state index contributed by atoms with van der Waals surface area (Å²) in [5, 5.41) is 12.7. The fourth-order valence-electron chi connectivity index (χ4n) is 2.58. The van der Waals surface area contributed by atoms with Crippen LogP contribution in [0.3, 0.4) is 0 Å². The van der Waals surface area contributed by atoms with Gasteiger partial charge >= 0.3 is 0 Å². The molecular weight excluding hydrogens is 248 g/mol. The van der Waals surface area contributed by atoms with E-state index in [4.69, 9.17) is 0 Å². The van der Waals surface area contributed by atoms with Crippen LogP contribution in [0, 0.1) is 13.8 Å². The van der Waals surface area contributed by atoms with Gasteiger partial charge in [-0.25, -0.2) is 0 Å². The van der Waals surface area contributed by atoms with Gasteiger partial charge in [0.25, 0.3) is 0 Å². The minimum Gasteiger partial charge on any atom is -0.384 e. The Morgan fingerprint density at radius 3 is 2.55 bits per heavy atom. The lowest BCUT2D eigenvalue weighted by molar-refractivity contribution is 0.221. The summed E-state index contributed by atoms with van der Waals surface area (Å²) < 4.78 is 0. The van der Waals surface area contributed by atoms with Gasteiger partial charge in [0.1, 0.15) is 6.10 Å². The molecule has 0 fully saturated rings. The molecule has 1 aromatic carbocycles. The molecule has 0 aliphatic rings. The van der Waals surface area contributed by atoms with E-state index >= 15 is 0 Å². The molecule has 100 valence electrons. The van der Waals surface area contributed by atoms with Crippen LogP contribution in [0.1, 0.15) is 28.6 Å². The van der Waals surface area contributed by atoms with E-state index in [0.29, 0.717) is 0 Å². The highest BCUT2D eigenvalue weighted by molar-refractivity contribution is 5.85. The van der Waals surface area contributed by atoms with E-state index in [2.05, 4.69) is 9.97 Å². The number of rotatable bonds is 2. The molecule has 20 heavy (non-hydrogen) atoms. The van der Waals surface area contributed by atoms with Crippen molar-refractivity contribution < 1.29 is 5.11 Å². The maximum absolute atomic E-state index is 10.7. The molecule has 3 heteroatoms. The van der Waals surface area contributed by atoms with Gasteiger partial charge in [0.05, 0.1) is 0 Å². The Hall–Kier alpha value is -2.26. The predicted molar refractivity (Wildman–Crippen MR) is 79.5 cm³/mol. The van der Waals surface area contributed by atoms with Gasteiger partial charge in [-0.2, -0.15) is 0 Å². The minimum atomic E-state index is -0.664. The number of benzene rings is 1. The van der Waals surface area contributed by atoms with Crippen LogP contribution in [0.4, 0.5) is 0 Å². The second kappa shape index (κ2) is 5.02. The number of pyridine rings is 2. The van der Waals surface area contributed by atoms with Gasteiger partial charge in [0, 0.05) is 29.2 Å². The monoisotopic (exact) mass is 264 g/mol. The van der Waals surface area contributed by atoms with Gasteiger partial charge in [-0.05, 0) is 48.6 Å². The van der Waals surface area contributed by atoms with Crippen molar-refractivity contribution in [2.75, 3.05) is 0 Å². The molecule has 0 amide bonds. The fraction of sp³-hybridized carbons (Fsp3) is 0.176. The second-order valence-electron chi connectivity index (χ2n) is 5.03. The molecule has 0 aliphatic carbocycles. The quantitative estimate of drug-likeness (QED) is 0.772. The average molecular weight is 264 g/mol. The highest BCUT2D eigenvalue weighted by atomic mass is 16.3. The van der Waals surface area contributed by atoms with E-state index in [1.54, 1.807) is 12.4 Å². The zero-order valence-corrected chi connectivity index (χ0v) is 11.5. The second-order valence-corrected chi connectivity index (χ2v) is 5.03. The third-order valence-electron chi connectivity index (χ3n) is 3.43. The topological polar surface area (TPSA) is 46.0 Å². The molecular formula is C17H16N2O. The number of hydrogen-bond donors (Lipinski definition) is 1. The number of aromatic nitrogens is 2. The van der Waals surface area contributed by atoms with Crippen molar-refractivity contribution in [2.24, 2.45) is 0 Å². The van der Waals surface area contributed by atoms with Gasteiger partial charge in [-0.3, -0.25) is 9.97 Å². The van der Waals surface area contributed by atoms with Crippen LogP contribution in [-0.2, 0) is 0 Å². The summed E-state index contributed by atoms with van der Waals surface area (Å²) >= 11 is 0. The normalized spacial score (nSPS) is 12.6. The summed E-state index contributed by atoms with van der Waals surface area (Å²) in [6.45, 7) is 3.88. The summed E-state index contributed by atoms with van der Waals surface area (Å²) in [7, 11) is 0. The van der Waals surface area contributed by atoms with Crippen molar-refractivity contribution in [2.45, 2.75) is 20.0 Å². The van der Waals surface area contributed by atoms with Gasteiger partial charge < -0.3 is 5.11 Å². The van der Waals surface area contributed by atoms with E-state index in [0.717, 1.165) is 33.3 Å². The molecule has 0 spiro atoms. The first-order chi connectivity index (χ1) is 9.65. The largest absolute Gasteiger partial charge is 0.384 e. The molecule has 2 aromatic heterocycles. The minimum absolute atomic E-state index is 0.664. The highest BCUT2D eigenvalue weighted by Gasteiger charge is 2.14. The van der Waals surface area contributed by atoms with Crippen molar-refractivity contribution in [1.82, 2.24) is 9.97 Å².